The summed E-state index contributed by atoms with van der Waals surface area (Å²) in [5, 5.41) is 1.90. The number of pyridine rings is 1. The van der Waals surface area contributed by atoms with E-state index < -0.39 is 0 Å². The molecule has 9 aromatic carbocycles. The number of rotatable bonds is 9. The Balaban J connectivity index is 0.00000574. The maximum Gasteiger partial charge on any atom is 0.135 e. The molecule has 348 valence electrons. The normalized spacial score (nSPS) is 12.7. The van der Waals surface area contributed by atoms with E-state index in [1.807, 2.05) is 66.1 Å². The Labute approximate surface area is 433 Å². The zero-order valence-electron chi connectivity index (χ0n) is 41.7. The van der Waals surface area contributed by atoms with Crippen molar-refractivity contribution in [1.82, 2.24) is 9.55 Å². The Morgan fingerprint density at radius 1 is 0.535 bits per heavy atom. The van der Waals surface area contributed by atoms with Crippen LogP contribution in [0.1, 0.15) is 34.6 Å². The van der Waals surface area contributed by atoms with Crippen molar-refractivity contribution in [3.8, 4) is 61.8 Å². The van der Waals surface area contributed by atoms with E-state index in [1.54, 1.807) is 0 Å². The summed E-state index contributed by atoms with van der Waals surface area (Å²) in [6.45, 7) is 10.6. The summed E-state index contributed by atoms with van der Waals surface area (Å²) >= 11 is 0. The van der Waals surface area contributed by atoms with Gasteiger partial charge < -0.3 is 19.1 Å². The molecule has 1 aliphatic rings. The standard InChI is InChI=1S/C65H49N4O.Pt/c1-44-38-63(66-42-58(44)48-30-33-50(34-31-48)65(2,3)4)69-59-37-32-49(45-18-8-5-9-19-45)39-57(59)56-36-35-53(41-62(56)69)70-52-25-16-24-51(40-52)67-43-68(61-29-15-14-28-60(61)67)64-54(46-20-10-6-11-21-46)26-17-27-55(64)47-22-12-7-13-23-47;/h5-39,42-43H,1-4H3;/q-3;/i38D,42D;. The van der Waals surface area contributed by atoms with Crippen LogP contribution in [0.4, 0.5) is 22.7 Å². The van der Waals surface area contributed by atoms with Crippen LogP contribution < -0.4 is 14.5 Å². The van der Waals surface area contributed by atoms with Crippen molar-refractivity contribution >= 4 is 44.6 Å². The molecule has 0 saturated carbocycles. The molecule has 0 atom stereocenters. The first-order chi connectivity index (χ1) is 35.1. The average molecular weight is 1100 g/mol. The van der Waals surface area contributed by atoms with Gasteiger partial charge in [0.05, 0.1) is 2.74 Å². The molecule has 0 bridgehead atoms. The van der Waals surface area contributed by atoms with E-state index in [1.165, 1.54) is 5.56 Å². The van der Waals surface area contributed by atoms with Crippen molar-refractivity contribution < 1.29 is 28.5 Å². The summed E-state index contributed by atoms with van der Waals surface area (Å²) in [5.74, 6) is 1.35. The van der Waals surface area contributed by atoms with Crippen LogP contribution >= 0.6 is 0 Å². The molecule has 0 saturated heterocycles. The first kappa shape index (κ1) is 43.1. The second-order valence-electron chi connectivity index (χ2n) is 18.8. The van der Waals surface area contributed by atoms with Crippen molar-refractivity contribution in [3.63, 3.8) is 0 Å². The Morgan fingerprint density at radius 3 is 1.77 bits per heavy atom. The van der Waals surface area contributed by atoms with Gasteiger partial charge in [-0.05, 0) is 80.9 Å². The predicted octanol–water partition coefficient (Wildman–Crippen LogP) is 17.3. The van der Waals surface area contributed by atoms with Gasteiger partial charge in [0.2, 0.25) is 0 Å². The second-order valence-corrected chi connectivity index (χ2v) is 18.8. The molecule has 6 heteroatoms. The molecular formula is C65H49N4OPt-3. The predicted molar refractivity (Wildman–Crippen MR) is 289 cm³/mol. The number of para-hydroxylation sites is 3. The van der Waals surface area contributed by atoms with Crippen LogP contribution in [-0.4, -0.2) is 9.55 Å². The van der Waals surface area contributed by atoms with Gasteiger partial charge in [0.25, 0.3) is 0 Å². The fraction of sp³-hybridized carbons (Fsp3) is 0.0769. The van der Waals surface area contributed by atoms with Crippen LogP contribution in [0.15, 0.2) is 218 Å². The number of fused-ring (bicyclic) bond motifs is 4. The monoisotopic (exact) mass is 1100 g/mol. The van der Waals surface area contributed by atoms with Crippen LogP contribution in [0, 0.1) is 25.7 Å². The molecule has 0 radical (unpaired) electrons. The Kier molecular flexibility index (Phi) is 11.4. The quantitative estimate of drug-likeness (QED) is 0.135. The van der Waals surface area contributed by atoms with E-state index in [4.69, 9.17) is 9.72 Å². The Morgan fingerprint density at radius 2 is 1.11 bits per heavy atom. The minimum Gasteiger partial charge on any atom is -0.509 e. The zero-order valence-corrected chi connectivity index (χ0v) is 42.0. The van der Waals surface area contributed by atoms with E-state index in [9.17, 15) is 2.74 Å². The van der Waals surface area contributed by atoms with Gasteiger partial charge >= 0.3 is 0 Å². The third-order valence-electron chi connectivity index (χ3n) is 13.3. The van der Waals surface area contributed by atoms with Gasteiger partial charge in [-0.15, -0.1) is 48.1 Å². The molecule has 2 aromatic heterocycles. The molecule has 3 heterocycles. The molecule has 0 unspecified atom stereocenters. The van der Waals surface area contributed by atoms with E-state index in [-0.39, 0.29) is 38.7 Å². The summed E-state index contributed by atoms with van der Waals surface area (Å²) in [7, 11) is 0. The Bertz CT molecular complexity index is 3780. The molecule has 0 aliphatic carbocycles. The first-order valence-corrected chi connectivity index (χ1v) is 23.7. The SMILES string of the molecule is [2H]c1nc(-n2c3[c-]c(Oc4[c-]c(N5[CH-]N(c6c(-c7ccccc7)cccc6-c6ccccc6)c6ccccc65)ccc4)ccc3c3cc(-c4ccccc4)ccc32)c([2H])c(C)c1-c1ccc(C(C)(C)C)cc1.[Pt]. The number of nitrogens with zero attached hydrogens (tertiary/aromatic N) is 4. The summed E-state index contributed by atoms with van der Waals surface area (Å²) in [6, 6.07) is 78.5. The molecular weight excluding hydrogens is 1050 g/mol. The maximum absolute atomic E-state index is 9.67. The third-order valence-corrected chi connectivity index (χ3v) is 13.3. The summed E-state index contributed by atoms with van der Waals surface area (Å²) in [6.07, 6.45) is 0.107. The number of benzene rings is 9. The topological polar surface area (TPSA) is 33.5 Å². The Hall–Kier alpha value is -7.98. The minimum atomic E-state index is -0.0123. The molecule has 12 rings (SSSR count). The molecule has 1 aliphatic heterocycles. The van der Waals surface area contributed by atoms with Gasteiger partial charge in [-0.3, -0.25) is 0 Å². The second kappa shape index (κ2) is 18.7. The molecule has 0 spiro atoms. The van der Waals surface area contributed by atoms with Gasteiger partial charge in [0.15, 0.2) is 0 Å². The van der Waals surface area contributed by atoms with Crippen molar-refractivity contribution in [2.24, 2.45) is 0 Å². The van der Waals surface area contributed by atoms with Gasteiger partial charge in [-0.1, -0.05) is 184 Å². The van der Waals surface area contributed by atoms with Crippen LogP contribution in [0.3, 0.4) is 0 Å². The van der Waals surface area contributed by atoms with Crippen molar-refractivity contribution in [2.45, 2.75) is 33.1 Å². The molecule has 0 amide bonds. The first-order valence-electron chi connectivity index (χ1n) is 24.7. The van der Waals surface area contributed by atoms with Crippen molar-refractivity contribution in [1.29, 1.82) is 0 Å². The summed E-state index contributed by atoms with van der Waals surface area (Å²) in [5.41, 5.74) is 15.5. The smallest absolute Gasteiger partial charge is 0.135 e. The molecule has 11 aromatic rings. The average Bonchev–Trinajstić information content (AvgIpc) is 3.96. The van der Waals surface area contributed by atoms with Crippen LogP contribution in [0.5, 0.6) is 11.5 Å². The summed E-state index contributed by atoms with van der Waals surface area (Å²) < 4.78 is 27.7. The third kappa shape index (κ3) is 8.51. The zero-order chi connectivity index (χ0) is 49.1. The van der Waals surface area contributed by atoms with Crippen LogP contribution in [0.2, 0.25) is 0 Å². The number of ether oxygens (including phenoxy) is 1. The van der Waals surface area contributed by atoms with Gasteiger partial charge in [0, 0.05) is 78.0 Å². The van der Waals surface area contributed by atoms with E-state index in [0.717, 1.165) is 78.0 Å². The fourth-order valence-electron chi connectivity index (χ4n) is 9.73. The minimum absolute atomic E-state index is 0. The van der Waals surface area contributed by atoms with Crippen LogP contribution in [-0.2, 0) is 26.5 Å². The largest absolute Gasteiger partial charge is 0.509 e. The number of aromatic nitrogens is 2. The van der Waals surface area contributed by atoms with Gasteiger partial charge in [-0.2, -0.15) is 12.1 Å². The number of hydrogen-bond acceptors (Lipinski definition) is 4. The molecule has 0 N–H and O–H groups in total. The van der Waals surface area contributed by atoms with Gasteiger partial charge in [0.1, 0.15) is 5.82 Å². The van der Waals surface area contributed by atoms with Crippen molar-refractivity contribution in [3.05, 3.63) is 248 Å². The van der Waals surface area contributed by atoms with E-state index in [0.29, 0.717) is 34.0 Å². The molecule has 0 fully saturated rings. The summed E-state index contributed by atoms with van der Waals surface area (Å²) in [4.78, 5) is 9.38. The maximum atomic E-state index is 9.67. The molecule has 5 nitrogen and oxygen atoms in total. The number of hydrogen-bond donors (Lipinski definition) is 0. The van der Waals surface area contributed by atoms with E-state index >= 15 is 0 Å². The molecule has 71 heavy (non-hydrogen) atoms. The van der Waals surface area contributed by atoms with Gasteiger partial charge in [-0.25, -0.2) is 4.98 Å². The number of anilines is 4. The van der Waals surface area contributed by atoms with E-state index in [2.05, 4.69) is 201 Å². The van der Waals surface area contributed by atoms with Crippen molar-refractivity contribution in [2.75, 3.05) is 9.80 Å². The van der Waals surface area contributed by atoms with Crippen LogP contribution in [0.25, 0.3) is 72.1 Å². The fourth-order valence-corrected chi connectivity index (χ4v) is 9.73.